The lowest BCUT2D eigenvalue weighted by molar-refractivity contribution is -0.153. The molecule has 1 aromatic rings. The number of rotatable bonds is 3. The molecule has 1 saturated heterocycles. The lowest BCUT2D eigenvalue weighted by Crippen LogP contribution is -2.58. The molecule has 1 heterocycles. The van der Waals surface area contributed by atoms with E-state index in [4.69, 9.17) is 4.74 Å². The fourth-order valence-corrected chi connectivity index (χ4v) is 4.86. The monoisotopic (exact) mass is 406 g/mol. The lowest BCUT2D eigenvalue weighted by Gasteiger charge is -2.47. The summed E-state index contributed by atoms with van der Waals surface area (Å²) in [4.78, 5) is 17.6. The van der Waals surface area contributed by atoms with E-state index < -0.39 is 0 Å². The first kappa shape index (κ1) is 17.5. The second-order valence-corrected chi connectivity index (χ2v) is 8.85. The Hall–Kier alpha value is -0.910. The summed E-state index contributed by atoms with van der Waals surface area (Å²) in [7, 11) is 4.29. The molecule has 25 heavy (non-hydrogen) atoms. The molecule has 3 fully saturated rings. The molecular formula is C20H27BrN2O2. The first-order valence-electron chi connectivity index (χ1n) is 9.38. The van der Waals surface area contributed by atoms with Gasteiger partial charge in [0.25, 0.3) is 0 Å². The van der Waals surface area contributed by atoms with Gasteiger partial charge in [0, 0.05) is 23.0 Å². The van der Waals surface area contributed by atoms with Crippen molar-refractivity contribution in [3.05, 3.63) is 34.3 Å². The minimum absolute atomic E-state index is 0.173. The van der Waals surface area contributed by atoms with Crippen molar-refractivity contribution in [1.29, 1.82) is 0 Å². The highest BCUT2D eigenvalue weighted by Crippen LogP contribution is 2.49. The Bertz CT molecular complexity index is 633. The molecule has 5 atom stereocenters. The average Bonchev–Trinajstić information content (AvgIpc) is 3.41. The molecule has 0 radical (unpaired) electrons. The lowest BCUT2D eigenvalue weighted by atomic mass is 9.86. The van der Waals surface area contributed by atoms with E-state index in [1.165, 1.54) is 5.56 Å². The molecule has 4 nitrogen and oxygen atoms in total. The van der Waals surface area contributed by atoms with Crippen LogP contribution in [0.25, 0.3) is 0 Å². The van der Waals surface area contributed by atoms with Gasteiger partial charge in [0.05, 0.1) is 18.8 Å². The smallest absolute Gasteiger partial charge is 0.226 e. The molecule has 0 aromatic heterocycles. The summed E-state index contributed by atoms with van der Waals surface area (Å²) < 4.78 is 7.13. The highest BCUT2D eigenvalue weighted by molar-refractivity contribution is 9.10. The van der Waals surface area contributed by atoms with E-state index in [9.17, 15) is 4.79 Å². The minimum Gasteiger partial charge on any atom is -0.374 e. The van der Waals surface area contributed by atoms with Crippen LogP contribution in [-0.2, 0) is 9.53 Å². The summed E-state index contributed by atoms with van der Waals surface area (Å²) in [6, 6.07) is 9.29. The number of benzene rings is 1. The van der Waals surface area contributed by atoms with Crippen molar-refractivity contribution in [2.45, 2.75) is 49.8 Å². The van der Waals surface area contributed by atoms with Crippen molar-refractivity contribution in [2.75, 3.05) is 27.2 Å². The van der Waals surface area contributed by atoms with Crippen molar-refractivity contribution in [3.63, 3.8) is 0 Å². The number of fused-ring (bicyclic) bond motifs is 1. The summed E-state index contributed by atoms with van der Waals surface area (Å²) >= 11 is 3.48. The van der Waals surface area contributed by atoms with Gasteiger partial charge in [0.2, 0.25) is 5.91 Å². The zero-order valence-corrected chi connectivity index (χ0v) is 16.6. The molecule has 1 amide bonds. The first-order valence-corrected chi connectivity index (χ1v) is 10.2. The van der Waals surface area contributed by atoms with Gasteiger partial charge in [0.1, 0.15) is 0 Å². The molecular weight excluding hydrogens is 380 g/mol. The van der Waals surface area contributed by atoms with E-state index in [1.54, 1.807) is 0 Å². The summed E-state index contributed by atoms with van der Waals surface area (Å²) in [5.74, 6) is 0.932. The van der Waals surface area contributed by atoms with Gasteiger partial charge in [-0.05, 0) is 63.4 Å². The minimum atomic E-state index is 0.173. The summed E-state index contributed by atoms with van der Waals surface area (Å²) in [5, 5.41) is 0. The zero-order valence-electron chi connectivity index (χ0n) is 15.0. The molecule has 2 saturated carbocycles. The third-order valence-electron chi connectivity index (χ3n) is 6.21. The molecule has 0 spiro atoms. The van der Waals surface area contributed by atoms with Gasteiger partial charge in [-0.3, -0.25) is 4.79 Å². The summed E-state index contributed by atoms with van der Waals surface area (Å²) in [5.41, 5.74) is 1.29. The van der Waals surface area contributed by atoms with Crippen LogP contribution in [0.3, 0.4) is 0 Å². The molecule has 4 rings (SSSR count). The third kappa shape index (κ3) is 3.51. The Kier molecular flexibility index (Phi) is 4.91. The molecule has 2 aliphatic carbocycles. The van der Waals surface area contributed by atoms with Crippen molar-refractivity contribution in [1.82, 2.24) is 9.80 Å². The van der Waals surface area contributed by atoms with Crippen molar-refractivity contribution in [2.24, 2.45) is 5.92 Å². The largest absolute Gasteiger partial charge is 0.374 e. The van der Waals surface area contributed by atoms with E-state index in [2.05, 4.69) is 64.1 Å². The number of ether oxygens (including phenoxy) is 1. The molecule has 1 aromatic carbocycles. The number of hydrogen-bond donors (Lipinski definition) is 0. The van der Waals surface area contributed by atoms with E-state index in [-0.39, 0.29) is 18.1 Å². The Balaban J connectivity index is 1.42. The fourth-order valence-electron chi connectivity index (χ4n) is 4.60. The van der Waals surface area contributed by atoms with E-state index in [0.29, 0.717) is 24.5 Å². The molecule has 0 unspecified atom stereocenters. The second-order valence-electron chi connectivity index (χ2n) is 7.94. The highest BCUT2D eigenvalue weighted by atomic mass is 79.9. The number of nitrogens with zero attached hydrogens (tertiary/aromatic N) is 2. The predicted molar refractivity (Wildman–Crippen MR) is 102 cm³/mol. The van der Waals surface area contributed by atoms with Gasteiger partial charge in [-0.25, -0.2) is 0 Å². The van der Waals surface area contributed by atoms with Crippen molar-refractivity contribution >= 4 is 21.8 Å². The normalized spacial score (nSPS) is 34.7. The van der Waals surface area contributed by atoms with Gasteiger partial charge in [0.15, 0.2) is 0 Å². The second kappa shape index (κ2) is 7.01. The highest BCUT2D eigenvalue weighted by Gasteiger charge is 2.49. The van der Waals surface area contributed by atoms with Crippen LogP contribution < -0.4 is 0 Å². The van der Waals surface area contributed by atoms with Crippen LogP contribution in [0.1, 0.15) is 37.2 Å². The number of amides is 1. The summed E-state index contributed by atoms with van der Waals surface area (Å²) in [6.07, 6.45) is 4.47. The third-order valence-corrected chi connectivity index (χ3v) is 6.74. The molecule has 3 aliphatic rings. The average molecular weight is 407 g/mol. The fraction of sp³-hybridized carbons (Fsp3) is 0.650. The first-order chi connectivity index (χ1) is 12.0. The number of morpholine rings is 1. The van der Waals surface area contributed by atoms with Gasteiger partial charge in [-0.2, -0.15) is 0 Å². The van der Waals surface area contributed by atoms with Crippen molar-refractivity contribution in [3.8, 4) is 0 Å². The molecule has 1 aliphatic heterocycles. The Labute approximate surface area is 158 Å². The van der Waals surface area contributed by atoms with Crippen LogP contribution in [-0.4, -0.2) is 61.1 Å². The molecule has 0 bridgehead atoms. The molecule has 0 N–H and O–H groups in total. The van der Waals surface area contributed by atoms with Crippen LogP contribution in [0.15, 0.2) is 28.7 Å². The van der Waals surface area contributed by atoms with Crippen LogP contribution in [0.4, 0.5) is 0 Å². The number of halogens is 1. The number of carbonyl (C=O) groups excluding carboxylic acids is 1. The van der Waals surface area contributed by atoms with E-state index in [0.717, 1.165) is 36.7 Å². The van der Waals surface area contributed by atoms with Gasteiger partial charge in [-0.15, -0.1) is 0 Å². The topological polar surface area (TPSA) is 32.8 Å². The standard InChI is InChI=1S/C20H27BrN2O2/c1-22(2)15-7-8-18-19(11-15)25-10-9-23(18)20(24)17-12-16(17)13-3-5-14(21)6-4-13/h3-6,15-19H,7-12H2,1-2H3/t15-,16-,17-,18-,19+/m1/s1. The summed E-state index contributed by atoms with van der Waals surface area (Å²) in [6.45, 7) is 1.44. The Morgan fingerprint density at radius 1 is 1.20 bits per heavy atom. The van der Waals surface area contributed by atoms with Gasteiger partial charge < -0.3 is 14.5 Å². The van der Waals surface area contributed by atoms with Crippen LogP contribution in [0, 0.1) is 5.92 Å². The maximum Gasteiger partial charge on any atom is 0.226 e. The molecule has 5 heteroatoms. The van der Waals surface area contributed by atoms with Crippen molar-refractivity contribution < 1.29 is 9.53 Å². The van der Waals surface area contributed by atoms with E-state index in [1.807, 2.05) is 0 Å². The molecule has 136 valence electrons. The maximum atomic E-state index is 13.1. The number of hydrogen-bond acceptors (Lipinski definition) is 3. The Morgan fingerprint density at radius 2 is 1.96 bits per heavy atom. The predicted octanol–water partition coefficient (Wildman–Crippen LogP) is 3.26. The van der Waals surface area contributed by atoms with Crippen LogP contribution in [0.2, 0.25) is 0 Å². The van der Waals surface area contributed by atoms with E-state index >= 15 is 0 Å². The zero-order chi connectivity index (χ0) is 17.6. The van der Waals surface area contributed by atoms with Crippen LogP contribution >= 0.6 is 15.9 Å². The number of carbonyl (C=O) groups is 1. The quantitative estimate of drug-likeness (QED) is 0.771. The van der Waals surface area contributed by atoms with Gasteiger partial charge in [-0.1, -0.05) is 28.1 Å². The maximum absolute atomic E-state index is 13.1. The Morgan fingerprint density at radius 3 is 2.68 bits per heavy atom. The van der Waals surface area contributed by atoms with Crippen LogP contribution in [0.5, 0.6) is 0 Å². The SMILES string of the molecule is CN(C)[C@@H]1CC[C@@H]2[C@H](C1)OCCN2C(=O)[C@@H]1C[C@@H]1c1ccc(Br)cc1. The van der Waals surface area contributed by atoms with Gasteiger partial charge >= 0.3 is 0 Å².